The van der Waals surface area contributed by atoms with E-state index in [0.29, 0.717) is 31.8 Å². The maximum Gasteiger partial charge on any atom is 0.322 e. The van der Waals surface area contributed by atoms with Crippen molar-refractivity contribution in [3.63, 3.8) is 0 Å². The van der Waals surface area contributed by atoms with E-state index in [1.165, 1.54) is 12.0 Å². The number of methoxy groups -OCH3 is 1. The van der Waals surface area contributed by atoms with Gasteiger partial charge in [-0.25, -0.2) is 9.78 Å². The Kier molecular flexibility index (Phi) is 11.2. The summed E-state index contributed by atoms with van der Waals surface area (Å²) in [5, 5.41) is 2.94. The molecule has 0 aliphatic rings. The highest BCUT2D eigenvalue weighted by Gasteiger charge is 2.15. The normalized spacial score (nSPS) is 10.5. The highest BCUT2D eigenvalue weighted by Crippen LogP contribution is 2.31. The van der Waals surface area contributed by atoms with Crippen LogP contribution in [0.2, 0.25) is 0 Å². The van der Waals surface area contributed by atoms with Gasteiger partial charge in [0.25, 0.3) is 0 Å². The Labute approximate surface area is 197 Å². The minimum absolute atomic E-state index is 0.173. The lowest BCUT2D eigenvalue weighted by Crippen LogP contribution is -2.38. The standard InChI is InChI=1S/C26H37N3O4/c1-5-7-9-17-27-26(31)29(3)24-12-10-11-22(28-24)21-15-13-20(14-16-25(30)32-4)19-23(21)33-18-8-6-2/h10-13,15,19H,5-9,14,16-18H2,1-4H3,(H,27,31). The number of pyridine rings is 1. The van der Waals surface area contributed by atoms with Crippen LogP contribution in [0.1, 0.15) is 57.9 Å². The summed E-state index contributed by atoms with van der Waals surface area (Å²) < 4.78 is 10.8. The molecule has 0 saturated carbocycles. The first-order valence-corrected chi connectivity index (χ1v) is 11.8. The smallest absolute Gasteiger partial charge is 0.322 e. The highest BCUT2D eigenvalue weighted by molar-refractivity contribution is 5.90. The third kappa shape index (κ3) is 8.40. The molecule has 0 saturated heterocycles. The van der Waals surface area contributed by atoms with Gasteiger partial charge in [-0.05, 0) is 49.1 Å². The number of urea groups is 1. The lowest BCUT2D eigenvalue weighted by atomic mass is 10.0. The molecule has 0 radical (unpaired) electrons. The van der Waals surface area contributed by atoms with Crippen LogP contribution in [0, 0.1) is 0 Å². The molecule has 0 aliphatic carbocycles. The molecule has 1 aromatic carbocycles. The van der Waals surface area contributed by atoms with E-state index in [9.17, 15) is 9.59 Å². The van der Waals surface area contributed by atoms with E-state index in [1.54, 1.807) is 7.05 Å². The van der Waals surface area contributed by atoms with E-state index in [0.717, 1.165) is 54.7 Å². The molecule has 0 bridgehead atoms. The first kappa shape index (κ1) is 26.2. The fourth-order valence-electron chi connectivity index (χ4n) is 3.28. The fourth-order valence-corrected chi connectivity index (χ4v) is 3.28. The number of aryl methyl sites for hydroxylation is 1. The van der Waals surface area contributed by atoms with Crippen molar-refractivity contribution in [3.05, 3.63) is 42.0 Å². The van der Waals surface area contributed by atoms with Crippen LogP contribution in [-0.2, 0) is 16.0 Å². The number of anilines is 1. The summed E-state index contributed by atoms with van der Waals surface area (Å²) in [6.07, 6.45) is 6.03. The minimum Gasteiger partial charge on any atom is -0.493 e. The quantitative estimate of drug-likeness (QED) is 0.324. The number of rotatable bonds is 13. The molecule has 0 fully saturated rings. The molecule has 2 amide bonds. The molecule has 0 aliphatic heterocycles. The van der Waals surface area contributed by atoms with Crippen molar-refractivity contribution in [2.24, 2.45) is 0 Å². The Bertz CT molecular complexity index is 901. The molecule has 1 heterocycles. The summed E-state index contributed by atoms with van der Waals surface area (Å²) in [6, 6.07) is 11.3. The van der Waals surface area contributed by atoms with Crippen molar-refractivity contribution in [1.29, 1.82) is 0 Å². The van der Waals surface area contributed by atoms with Gasteiger partial charge in [-0.3, -0.25) is 9.69 Å². The number of carbonyl (C=O) groups is 2. The Morgan fingerprint density at radius 2 is 1.85 bits per heavy atom. The third-order valence-corrected chi connectivity index (χ3v) is 5.36. The molecular weight excluding hydrogens is 418 g/mol. The van der Waals surface area contributed by atoms with Crippen LogP contribution >= 0.6 is 0 Å². The number of amides is 2. The average Bonchev–Trinajstić information content (AvgIpc) is 2.84. The van der Waals surface area contributed by atoms with Crippen LogP contribution in [0.3, 0.4) is 0 Å². The van der Waals surface area contributed by atoms with E-state index < -0.39 is 0 Å². The summed E-state index contributed by atoms with van der Waals surface area (Å²) in [4.78, 5) is 30.3. The second-order valence-electron chi connectivity index (χ2n) is 7.99. The molecule has 7 nitrogen and oxygen atoms in total. The van der Waals surface area contributed by atoms with Crippen molar-refractivity contribution in [1.82, 2.24) is 10.3 Å². The van der Waals surface area contributed by atoms with Gasteiger partial charge in [0, 0.05) is 25.6 Å². The van der Waals surface area contributed by atoms with Gasteiger partial charge in [-0.15, -0.1) is 0 Å². The van der Waals surface area contributed by atoms with Crippen LogP contribution in [-0.4, -0.2) is 44.3 Å². The molecule has 2 aromatic rings. The number of aromatic nitrogens is 1. The number of benzene rings is 1. The van der Waals surface area contributed by atoms with Crippen LogP contribution in [0.15, 0.2) is 36.4 Å². The van der Waals surface area contributed by atoms with Gasteiger partial charge < -0.3 is 14.8 Å². The maximum absolute atomic E-state index is 12.5. The second-order valence-corrected chi connectivity index (χ2v) is 7.99. The number of hydrogen-bond acceptors (Lipinski definition) is 5. The monoisotopic (exact) mass is 455 g/mol. The molecular formula is C26H37N3O4. The second kappa shape index (κ2) is 14.1. The molecule has 0 spiro atoms. The van der Waals surface area contributed by atoms with E-state index in [4.69, 9.17) is 14.5 Å². The van der Waals surface area contributed by atoms with Gasteiger partial charge >= 0.3 is 12.0 Å². The highest BCUT2D eigenvalue weighted by atomic mass is 16.5. The fraction of sp³-hybridized carbons (Fsp3) is 0.500. The van der Waals surface area contributed by atoms with Gasteiger partial charge in [0.05, 0.1) is 19.4 Å². The maximum atomic E-state index is 12.5. The molecule has 180 valence electrons. The lowest BCUT2D eigenvalue weighted by Gasteiger charge is -2.19. The summed E-state index contributed by atoms with van der Waals surface area (Å²) in [5.74, 6) is 1.05. The van der Waals surface area contributed by atoms with Crippen molar-refractivity contribution < 1.29 is 19.1 Å². The van der Waals surface area contributed by atoms with Gasteiger partial charge in [0.1, 0.15) is 11.6 Å². The first-order chi connectivity index (χ1) is 16.0. The van der Waals surface area contributed by atoms with E-state index in [-0.39, 0.29) is 12.0 Å². The number of nitrogens with zero attached hydrogens (tertiary/aromatic N) is 2. The zero-order chi connectivity index (χ0) is 24.1. The third-order valence-electron chi connectivity index (χ3n) is 5.36. The van der Waals surface area contributed by atoms with Gasteiger partial charge in [0.2, 0.25) is 0 Å². The van der Waals surface area contributed by atoms with Crippen molar-refractivity contribution >= 4 is 17.8 Å². The topological polar surface area (TPSA) is 80.8 Å². The summed E-state index contributed by atoms with van der Waals surface area (Å²) in [5.41, 5.74) is 2.58. The number of carbonyl (C=O) groups excluding carboxylic acids is 2. The molecule has 0 unspecified atom stereocenters. The van der Waals surface area contributed by atoms with Crippen LogP contribution in [0.25, 0.3) is 11.3 Å². The Balaban J connectivity index is 2.22. The SMILES string of the molecule is CCCCCNC(=O)N(C)c1cccc(-c2ccc(CCC(=O)OC)cc2OCCCC)n1. The van der Waals surface area contributed by atoms with Gasteiger partial charge in [-0.1, -0.05) is 45.2 Å². The Morgan fingerprint density at radius 1 is 1.06 bits per heavy atom. The van der Waals surface area contributed by atoms with Gasteiger partial charge in [-0.2, -0.15) is 0 Å². The number of esters is 1. The van der Waals surface area contributed by atoms with Gasteiger partial charge in [0.15, 0.2) is 0 Å². The molecule has 33 heavy (non-hydrogen) atoms. The summed E-state index contributed by atoms with van der Waals surface area (Å²) in [7, 11) is 3.11. The Hall–Kier alpha value is -3.09. The van der Waals surface area contributed by atoms with Crippen molar-refractivity contribution in [2.45, 2.75) is 58.8 Å². The number of hydrogen-bond donors (Lipinski definition) is 1. The number of nitrogens with one attached hydrogen (secondary N) is 1. The molecule has 7 heteroatoms. The number of ether oxygens (including phenoxy) is 2. The largest absolute Gasteiger partial charge is 0.493 e. The van der Waals surface area contributed by atoms with E-state index in [1.807, 2.05) is 36.4 Å². The minimum atomic E-state index is -0.238. The van der Waals surface area contributed by atoms with E-state index in [2.05, 4.69) is 19.2 Å². The summed E-state index contributed by atoms with van der Waals surface area (Å²) >= 11 is 0. The molecule has 1 N–H and O–H groups in total. The molecule has 2 rings (SSSR count). The van der Waals surface area contributed by atoms with Crippen LogP contribution in [0.5, 0.6) is 5.75 Å². The average molecular weight is 456 g/mol. The predicted octanol–water partition coefficient (Wildman–Crippen LogP) is 5.37. The zero-order valence-electron chi connectivity index (χ0n) is 20.4. The predicted molar refractivity (Wildman–Crippen MR) is 132 cm³/mol. The number of unbranched alkanes of at least 4 members (excludes halogenated alkanes) is 3. The summed E-state index contributed by atoms with van der Waals surface area (Å²) in [6.45, 7) is 5.50. The van der Waals surface area contributed by atoms with Crippen molar-refractivity contribution in [3.8, 4) is 17.0 Å². The van der Waals surface area contributed by atoms with E-state index >= 15 is 0 Å². The zero-order valence-corrected chi connectivity index (χ0v) is 20.4. The molecule has 0 atom stereocenters. The van der Waals surface area contributed by atoms with Crippen LogP contribution < -0.4 is 15.0 Å². The Morgan fingerprint density at radius 3 is 2.58 bits per heavy atom. The van der Waals surface area contributed by atoms with Crippen LogP contribution in [0.4, 0.5) is 10.6 Å². The van der Waals surface area contributed by atoms with Crippen molar-refractivity contribution in [2.75, 3.05) is 32.2 Å². The first-order valence-electron chi connectivity index (χ1n) is 11.8. The molecule has 1 aromatic heterocycles. The lowest BCUT2D eigenvalue weighted by molar-refractivity contribution is -0.140.